The zero-order valence-electron chi connectivity index (χ0n) is 8.93. The fraction of sp³-hybridized carbons (Fsp3) is 0.455. The number of hydrogen-bond acceptors (Lipinski definition) is 3. The van der Waals surface area contributed by atoms with Crippen molar-refractivity contribution in [3.63, 3.8) is 0 Å². The van der Waals surface area contributed by atoms with E-state index in [1.54, 1.807) is 19.1 Å². The first kappa shape index (κ1) is 11.9. The minimum Gasteiger partial charge on any atom is -0.326 e. The van der Waals surface area contributed by atoms with Crippen molar-refractivity contribution in [2.75, 3.05) is 5.75 Å². The summed E-state index contributed by atoms with van der Waals surface area (Å²) in [6.45, 7) is 1.65. The van der Waals surface area contributed by atoms with Gasteiger partial charge in [0.1, 0.15) is 0 Å². The molecule has 1 aliphatic rings. The van der Waals surface area contributed by atoms with Gasteiger partial charge in [0.05, 0.1) is 5.25 Å². The summed E-state index contributed by atoms with van der Waals surface area (Å²) < 4.78 is 23.4. The number of halogens is 1. The highest BCUT2D eigenvalue weighted by Crippen LogP contribution is 2.45. The van der Waals surface area contributed by atoms with E-state index in [-0.39, 0.29) is 17.7 Å². The number of rotatable bonds is 3. The standard InChI is InChI=1S/C11H14ClNO2S/c1-2-16(14,15)11-9(10(11)13)7-3-5-8(12)6-4-7/h3-6,9-11H,2,13H2,1H3. The highest BCUT2D eigenvalue weighted by atomic mass is 35.5. The molecule has 0 bridgehead atoms. The normalized spacial score (nSPS) is 29.1. The summed E-state index contributed by atoms with van der Waals surface area (Å²) in [6, 6.07) is 6.94. The van der Waals surface area contributed by atoms with Crippen molar-refractivity contribution in [1.82, 2.24) is 0 Å². The van der Waals surface area contributed by atoms with E-state index in [2.05, 4.69) is 0 Å². The molecule has 2 N–H and O–H groups in total. The quantitative estimate of drug-likeness (QED) is 0.896. The van der Waals surface area contributed by atoms with Crippen LogP contribution in [0.2, 0.25) is 5.02 Å². The second-order valence-electron chi connectivity index (χ2n) is 4.07. The number of hydrogen-bond donors (Lipinski definition) is 1. The molecule has 3 nitrogen and oxygen atoms in total. The highest BCUT2D eigenvalue weighted by molar-refractivity contribution is 7.92. The lowest BCUT2D eigenvalue weighted by molar-refractivity contribution is 0.594. The van der Waals surface area contributed by atoms with Gasteiger partial charge in [0.25, 0.3) is 0 Å². The third-order valence-corrected chi connectivity index (χ3v) is 5.57. The molecular weight excluding hydrogens is 246 g/mol. The van der Waals surface area contributed by atoms with Gasteiger partial charge in [0.15, 0.2) is 9.84 Å². The third kappa shape index (κ3) is 1.97. The van der Waals surface area contributed by atoms with Gasteiger partial charge in [-0.25, -0.2) is 8.42 Å². The zero-order chi connectivity index (χ0) is 11.9. The molecule has 3 unspecified atom stereocenters. The number of sulfone groups is 1. The van der Waals surface area contributed by atoms with Crippen LogP contribution in [0.4, 0.5) is 0 Å². The predicted molar refractivity (Wildman–Crippen MR) is 65.4 cm³/mol. The first-order chi connectivity index (χ1) is 7.47. The van der Waals surface area contributed by atoms with Crippen LogP contribution in [0.15, 0.2) is 24.3 Å². The Morgan fingerprint density at radius 3 is 2.38 bits per heavy atom. The summed E-state index contributed by atoms with van der Waals surface area (Å²) in [6.07, 6.45) is 0. The molecule has 0 heterocycles. The smallest absolute Gasteiger partial charge is 0.155 e. The van der Waals surface area contributed by atoms with Crippen LogP contribution in [-0.4, -0.2) is 25.5 Å². The molecule has 0 radical (unpaired) electrons. The molecule has 88 valence electrons. The monoisotopic (exact) mass is 259 g/mol. The first-order valence-corrected chi connectivity index (χ1v) is 7.29. The topological polar surface area (TPSA) is 60.2 Å². The molecular formula is C11H14ClNO2S. The molecule has 5 heteroatoms. The lowest BCUT2D eigenvalue weighted by Gasteiger charge is -2.00. The minimum absolute atomic E-state index is 0.0674. The summed E-state index contributed by atoms with van der Waals surface area (Å²) >= 11 is 5.78. The summed E-state index contributed by atoms with van der Waals surface area (Å²) in [4.78, 5) is 0. The van der Waals surface area contributed by atoms with Gasteiger partial charge in [-0.05, 0) is 17.7 Å². The van der Waals surface area contributed by atoms with Crippen LogP contribution < -0.4 is 5.73 Å². The van der Waals surface area contributed by atoms with Crippen molar-refractivity contribution < 1.29 is 8.42 Å². The molecule has 3 atom stereocenters. The van der Waals surface area contributed by atoms with Crippen molar-refractivity contribution in [3.05, 3.63) is 34.9 Å². The molecule has 0 amide bonds. The Balaban J connectivity index is 2.24. The largest absolute Gasteiger partial charge is 0.326 e. The van der Waals surface area contributed by atoms with Gasteiger partial charge in [-0.1, -0.05) is 30.7 Å². The second-order valence-corrected chi connectivity index (χ2v) is 6.95. The van der Waals surface area contributed by atoms with Crippen LogP contribution in [0.25, 0.3) is 0 Å². The van der Waals surface area contributed by atoms with Crippen LogP contribution in [0, 0.1) is 0 Å². The van der Waals surface area contributed by atoms with Crippen LogP contribution in [0.1, 0.15) is 18.4 Å². The van der Waals surface area contributed by atoms with Gasteiger partial charge in [-0.15, -0.1) is 0 Å². The van der Waals surface area contributed by atoms with Gasteiger partial charge in [0.2, 0.25) is 0 Å². The molecule has 1 saturated carbocycles. The Morgan fingerprint density at radius 2 is 1.88 bits per heavy atom. The number of nitrogens with two attached hydrogens (primary N) is 1. The summed E-state index contributed by atoms with van der Waals surface area (Å²) in [5.41, 5.74) is 6.79. The Bertz CT molecular complexity index is 483. The molecule has 2 rings (SSSR count). The maximum atomic E-state index is 11.7. The number of benzene rings is 1. The van der Waals surface area contributed by atoms with Gasteiger partial charge in [-0.2, -0.15) is 0 Å². The maximum Gasteiger partial charge on any atom is 0.155 e. The van der Waals surface area contributed by atoms with E-state index in [0.717, 1.165) is 5.56 Å². The zero-order valence-corrected chi connectivity index (χ0v) is 10.5. The lowest BCUT2D eigenvalue weighted by Crippen LogP contribution is -2.17. The molecule has 0 spiro atoms. The van der Waals surface area contributed by atoms with E-state index in [4.69, 9.17) is 17.3 Å². The Kier molecular flexibility index (Phi) is 2.99. The fourth-order valence-corrected chi connectivity index (χ4v) is 3.91. The molecule has 1 aromatic rings. The molecule has 0 saturated heterocycles. The first-order valence-electron chi connectivity index (χ1n) is 5.20. The van der Waals surface area contributed by atoms with Gasteiger partial charge in [-0.3, -0.25) is 0 Å². The summed E-state index contributed by atoms with van der Waals surface area (Å²) in [5.74, 6) is 0.0809. The van der Waals surface area contributed by atoms with Crippen molar-refractivity contribution >= 4 is 21.4 Å². The predicted octanol–water partition coefficient (Wildman–Crippen LogP) is 1.57. The van der Waals surface area contributed by atoms with E-state index in [0.29, 0.717) is 5.02 Å². The van der Waals surface area contributed by atoms with E-state index in [1.807, 2.05) is 12.1 Å². The Morgan fingerprint density at radius 1 is 1.31 bits per heavy atom. The molecule has 0 aliphatic heterocycles. The SMILES string of the molecule is CCS(=O)(=O)C1C(N)C1c1ccc(Cl)cc1. The van der Waals surface area contributed by atoms with E-state index >= 15 is 0 Å². The molecule has 1 aliphatic carbocycles. The summed E-state index contributed by atoms with van der Waals surface area (Å²) in [7, 11) is -3.04. The third-order valence-electron chi connectivity index (χ3n) is 3.08. The highest BCUT2D eigenvalue weighted by Gasteiger charge is 2.55. The van der Waals surface area contributed by atoms with Crippen LogP contribution in [0.5, 0.6) is 0 Å². The molecule has 1 aromatic carbocycles. The average Bonchev–Trinajstić information content (AvgIpc) is 2.92. The second kappa shape index (κ2) is 4.02. The Hall–Kier alpha value is -0.580. The van der Waals surface area contributed by atoms with Crippen molar-refractivity contribution in [3.8, 4) is 0 Å². The van der Waals surface area contributed by atoms with E-state index in [9.17, 15) is 8.42 Å². The average molecular weight is 260 g/mol. The van der Waals surface area contributed by atoms with E-state index < -0.39 is 15.1 Å². The Labute approximate surface area is 101 Å². The van der Waals surface area contributed by atoms with Crippen LogP contribution in [-0.2, 0) is 9.84 Å². The van der Waals surface area contributed by atoms with Crippen molar-refractivity contribution in [1.29, 1.82) is 0 Å². The van der Waals surface area contributed by atoms with Crippen LogP contribution >= 0.6 is 11.6 Å². The van der Waals surface area contributed by atoms with Gasteiger partial charge >= 0.3 is 0 Å². The summed E-state index contributed by atoms with van der Waals surface area (Å²) in [5, 5.41) is 0.228. The maximum absolute atomic E-state index is 11.7. The minimum atomic E-state index is -3.04. The van der Waals surface area contributed by atoms with Gasteiger partial charge < -0.3 is 5.73 Å². The van der Waals surface area contributed by atoms with Crippen molar-refractivity contribution in [2.45, 2.75) is 24.1 Å². The molecule has 1 fully saturated rings. The van der Waals surface area contributed by atoms with Gasteiger partial charge in [0, 0.05) is 22.7 Å². The fourth-order valence-electron chi connectivity index (χ4n) is 2.06. The van der Waals surface area contributed by atoms with Crippen molar-refractivity contribution in [2.24, 2.45) is 5.73 Å². The lowest BCUT2D eigenvalue weighted by atomic mass is 10.1. The van der Waals surface area contributed by atoms with Crippen LogP contribution in [0.3, 0.4) is 0 Å². The molecule has 0 aromatic heterocycles. The molecule has 16 heavy (non-hydrogen) atoms. The van der Waals surface area contributed by atoms with E-state index in [1.165, 1.54) is 0 Å².